The molecule has 0 fully saturated rings. The molecule has 0 atom stereocenters. The van der Waals surface area contributed by atoms with Gasteiger partial charge in [0.25, 0.3) is 11.5 Å². The van der Waals surface area contributed by atoms with Crippen molar-refractivity contribution < 1.29 is 4.79 Å². The number of hydrogen-bond acceptors (Lipinski definition) is 3. The highest BCUT2D eigenvalue weighted by molar-refractivity contribution is 6.04. The van der Waals surface area contributed by atoms with Crippen molar-refractivity contribution in [1.29, 1.82) is 0 Å². The van der Waals surface area contributed by atoms with Crippen LogP contribution in [0.15, 0.2) is 71.9 Å². The van der Waals surface area contributed by atoms with Crippen LogP contribution >= 0.6 is 0 Å². The molecule has 3 rings (SSSR count). The van der Waals surface area contributed by atoms with Crippen LogP contribution in [0.4, 0.5) is 5.69 Å². The highest BCUT2D eigenvalue weighted by Gasteiger charge is 2.07. The van der Waals surface area contributed by atoms with Crippen molar-refractivity contribution in [3.8, 4) is 0 Å². The van der Waals surface area contributed by atoms with Gasteiger partial charge in [-0.1, -0.05) is 12.1 Å². The minimum atomic E-state index is -0.297. The van der Waals surface area contributed by atoms with Crippen molar-refractivity contribution in [3.05, 3.63) is 94.2 Å². The second-order valence-corrected chi connectivity index (χ2v) is 5.55. The maximum atomic E-state index is 12.2. The Morgan fingerprint density at radius 2 is 1.71 bits per heavy atom. The summed E-state index contributed by atoms with van der Waals surface area (Å²) in [4.78, 5) is 27.8. The average Bonchev–Trinajstić information content (AvgIpc) is 2.60. The summed E-state index contributed by atoms with van der Waals surface area (Å²) in [6, 6.07) is 14.6. The van der Waals surface area contributed by atoms with Crippen molar-refractivity contribution >= 4 is 11.6 Å². The van der Waals surface area contributed by atoms with E-state index in [9.17, 15) is 9.59 Å². The zero-order valence-corrected chi connectivity index (χ0v) is 13.3. The number of benzene rings is 1. The first-order valence-electron chi connectivity index (χ1n) is 7.58. The van der Waals surface area contributed by atoms with Gasteiger partial charge in [-0.05, 0) is 47.9 Å². The summed E-state index contributed by atoms with van der Waals surface area (Å²) in [5, 5.41) is 2.80. The highest BCUT2D eigenvalue weighted by Crippen LogP contribution is 2.14. The molecule has 3 aromatic rings. The van der Waals surface area contributed by atoms with E-state index in [1.165, 1.54) is 16.2 Å². The molecule has 0 unspecified atom stereocenters. The van der Waals surface area contributed by atoms with Gasteiger partial charge in [0.2, 0.25) is 0 Å². The molecule has 0 spiro atoms. The van der Waals surface area contributed by atoms with Crippen molar-refractivity contribution in [2.24, 2.45) is 7.05 Å². The molecule has 1 amide bonds. The third-order valence-corrected chi connectivity index (χ3v) is 3.74. The third kappa shape index (κ3) is 3.76. The molecule has 0 aliphatic heterocycles. The standard InChI is InChI=1S/C19H17N3O2/c1-22-11-8-16(13-18(22)23)19(24)21-17-4-2-14(3-5-17)12-15-6-9-20-10-7-15/h2-11,13H,12H2,1H3,(H,21,24). The summed E-state index contributed by atoms with van der Waals surface area (Å²) in [7, 11) is 1.64. The van der Waals surface area contributed by atoms with E-state index in [1.54, 1.807) is 31.7 Å². The van der Waals surface area contributed by atoms with Gasteiger partial charge in [-0.2, -0.15) is 0 Å². The lowest BCUT2D eigenvalue weighted by Crippen LogP contribution is -2.19. The van der Waals surface area contributed by atoms with Crippen LogP contribution in [0.25, 0.3) is 0 Å². The lowest BCUT2D eigenvalue weighted by atomic mass is 10.1. The van der Waals surface area contributed by atoms with Gasteiger partial charge in [-0.25, -0.2) is 0 Å². The Morgan fingerprint density at radius 3 is 2.38 bits per heavy atom. The van der Waals surface area contributed by atoms with E-state index >= 15 is 0 Å². The van der Waals surface area contributed by atoms with Gasteiger partial charge in [0.15, 0.2) is 0 Å². The number of carbonyl (C=O) groups is 1. The minimum Gasteiger partial charge on any atom is -0.322 e. The second-order valence-electron chi connectivity index (χ2n) is 5.55. The summed E-state index contributed by atoms with van der Waals surface area (Å²) in [6.07, 6.45) is 5.93. The van der Waals surface area contributed by atoms with Gasteiger partial charge in [0.05, 0.1) is 0 Å². The van der Waals surface area contributed by atoms with Gasteiger partial charge in [-0.3, -0.25) is 14.6 Å². The molecule has 0 saturated heterocycles. The zero-order chi connectivity index (χ0) is 16.9. The summed E-state index contributed by atoms with van der Waals surface area (Å²) in [6.45, 7) is 0. The molecule has 5 heteroatoms. The number of anilines is 1. The maximum absolute atomic E-state index is 12.2. The molecule has 0 aliphatic carbocycles. The molecule has 1 aromatic carbocycles. The number of aryl methyl sites for hydroxylation is 1. The number of amides is 1. The van der Waals surface area contributed by atoms with Crippen LogP contribution < -0.4 is 10.9 Å². The average molecular weight is 319 g/mol. The Bertz CT molecular complexity index is 900. The molecular formula is C19H17N3O2. The zero-order valence-electron chi connectivity index (χ0n) is 13.3. The number of hydrogen-bond donors (Lipinski definition) is 1. The minimum absolute atomic E-state index is 0.213. The van der Waals surface area contributed by atoms with Gasteiger partial charge in [-0.15, -0.1) is 0 Å². The van der Waals surface area contributed by atoms with Crippen molar-refractivity contribution in [2.75, 3.05) is 5.32 Å². The molecule has 0 radical (unpaired) electrons. The van der Waals surface area contributed by atoms with Crippen molar-refractivity contribution in [2.45, 2.75) is 6.42 Å². The molecule has 0 saturated carbocycles. The van der Waals surface area contributed by atoms with E-state index in [4.69, 9.17) is 0 Å². The van der Waals surface area contributed by atoms with Crippen LogP contribution in [0.2, 0.25) is 0 Å². The predicted molar refractivity (Wildman–Crippen MR) is 93.1 cm³/mol. The van der Waals surface area contributed by atoms with Crippen LogP contribution in [0.3, 0.4) is 0 Å². The molecule has 24 heavy (non-hydrogen) atoms. The number of carbonyl (C=O) groups excluding carboxylic acids is 1. The van der Waals surface area contributed by atoms with Crippen LogP contribution in [0.1, 0.15) is 21.5 Å². The maximum Gasteiger partial charge on any atom is 0.255 e. The van der Waals surface area contributed by atoms with Crippen LogP contribution in [0.5, 0.6) is 0 Å². The van der Waals surface area contributed by atoms with Crippen LogP contribution in [-0.4, -0.2) is 15.5 Å². The molecule has 0 bridgehead atoms. The van der Waals surface area contributed by atoms with E-state index in [-0.39, 0.29) is 11.5 Å². The lowest BCUT2D eigenvalue weighted by Gasteiger charge is -2.07. The fourth-order valence-electron chi connectivity index (χ4n) is 2.34. The molecule has 120 valence electrons. The van der Waals surface area contributed by atoms with Gasteiger partial charge >= 0.3 is 0 Å². The molecule has 1 N–H and O–H groups in total. The van der Waals surface area contributed by atoms with Crippen molar-refractivity contribution in [3.63, 3.8) is 0 Å². The van der Waals surface area contributed by atoms with Crippen LogP contribution in [0, 0.1) is 0 Å². The predicted octanol–water partition coefficient (Wildman–Crippen LogP) is 2.62. The smallest absolute Gasteiger partial charge is 0.255 e. The normalized spacial score (nSPS) is 10.4. The Hall–Kier alpha value is -3.21. The number of nitrogens with one attached hydrogen (secondary N) is 1. The molecule has 2 heterocycles. The summed E-state index contributed by atoms with van der Waals surface area (Å²) >= 11 is 0. The fourth-order valence-corrected chi connectivity index (χ4v) is 2.34. The SMILES string of the molecule is Cn1ccc(C(=O)Nc2ccc(Cc3ccncc3)cc2)cc1=O. The summed E-state index contributed by atoms with van der Waals surface area (Å²) < 4.78 is 1.42. The largest absolute Gasteiger partial charge is 0.322 e. The number of nitrogens with zero attached hydrogens (tertiary/aromatic N) is 2. The number of rotatable bonds is 4. The topological polar surface area (TPSA) is 64.0 Å². The van der Waals surface area contributed by atoms with Crippen molar-refractivity contribution in [1.82, 2.24) is 9.55 Å². The molecule has 0 aliphatic rings. The fraction of sp³-hybridized carbons (Fsp3) is 0.105. The van der Waals surface area contributed by atoms with E-state index in [0.29, 0.717) is 11.3 Å². The van der Waals surface area contributed by atoms with E-state index in [1.807, 2.05) is 36.4 Å². The summed E-state index contributed by atoms with van der Waals surface area (Å²) in [5.41, 5.74) is 3.16. The first-order valence-corrected chi connectivity index (χ1v) is 7.58. The Balaban J connectivity index is 1.68. The molecular weight excluding hydrogens is 302 g/mol. The van der Waals surface area contributed by atoms with Gasteiger partial charge in [0, 0.05) is 43.0 Å². The Morgan fingerprint density at radius 1 is 1.04 bits per heavy atom. The van der Waals surface area contributed by atoms with Gasteiger partial charge in [0.1, 0.15) is 0 Å². The first-order chi connectivity index (χ1) is 11.6. The quantitative estimate of drug-likeness (QED) is 0.804. The highest BCUT2D eigenvalue weighted by atomic mass is 16.2. The van der Waals surface area contributed by atoms with Crippen LogP contribution in [-0.2, 0) is 13.5 Å². The monoisotopic (exact) mass is 319 g/mol. The van der Waals surface area contributed by atoms with Gasteiger partial charge < -0.3 is 9.88 Å². The van der Waals surface area contributed by atoms with E-state index in [0.717, 1.165) is 12.0 Å². The summed E-state index contributed by atoms with van der Waals surface area (Å²) in [5.74, 6) is -0.297. The number of aromatic nitrogens is 2. The Kier molecular flexibility index (Phi) is 4.52. The third-order valence-electron chi connectivity index (χ3n) is 3.74. The lowest BCUT2D eigenvalue weighted by molar-refractivity contribution is 0.102. The number of pyridine rings is 2. The Labute approximate surface area is 139 Å². The second kappa shape index (κ2) is 6.91. The molecule has 2 aromatic heterocycles. The van der Waals surface area contributed by atoms with E-state index in [2.05, 4.69) is 10.3 Å². The first kappa shape index (κ1) is 15.7. The van der Waals surface area contributed by atoms with E-state index < -0.39 is 0 Å². The molecule has 5 nitrogen and oxygen atoms in total.